The smallest absolute Gasteiger partial charge is 0.155 e. The van der Waals surface area contributed by atoms with Gasteiger partial charge in [-0.15, -0.1) is 0 Å². The Morgan fingerprint density at radius 3 is 2.86 bits per heavy atom. The van der Waals surface area contributed by atoms with Crippen LogP contribution < -0.4 is 5.73 Å². The number of aliphatic hydroxyl groups is 1. The van der Waals surface area contributed by atoms with Crippen molar-refractivity contribution >= 4 is 28.3 Å². The van der Waals surface area contributed by atoms with Gasteiger partial charge in [0.15, 0.2) is 5.82 Å². The van der Waals surface area contributed by atoms with Gasteiger partial charge < -0.3 is 15.8 Å². The van der Waals surface area contributed by atoms with Gasteiger partial charge in [-0.1, -0.05) is 11.6 Å². The van der Waals surface area contributed by atoms with E-state index in [-0.39, 0.29) is 11.3 Å². The van der Waals surface area contributed by atoms with E-state index < -0.39 is 23.3 Å². The largest absolute Gasteiger partial charge is 0.396 e. The molecule has 1 aromatic carbocycles. The highest BCUT2D eigenvalue weighted by Gasteiger charge is 2.24. The van der Waals surface area contributed by atoms with E-state index >= 15 is 0 Å². The Morgan fingerprint density at radius 2 is 2.10 bits per heavy atom. The summed E-state index contributed by atoms with van der Waals surface area (Å²) in [5, 5.41) is 11.2. The maximum Gasteiger partial charge on any atom is 0.155 e. The second kappa shape index (κ2) is 4.98. The number of H-pyrrole nitrogens is 1. The molecule has 0 aliphatic rings. The molecule has 0 fully saturated rings. The quantitative estimate of drug-likeness (QED) is 0.637. The standard InChI is InChI=1S/C14H10ClF2N3O/c15-6-3-7-8(5-20-14(7)19-4-6)13(21)11-9(16)1-2-10(18)12(11)17/h1-5,13,21H,18H2,(H,19,20). The van der Waals surface area contributed by atoms with Crippen LogP contribution >= 0.6 is 11.6 Å². The highest BCUT2D eigenvalue weighted by molar-refractivity contribution is 6.31. The topological polar surface area (TPSA) is 74.9 Å². The maximum atomic E-state index is 14.0. The molecule has 0 saturated heterocycles. The molecule has 1 atom stereocenters. The van der Waals surface area contributed by atoms with Gasteiger partial charge in [-0.25, -0.2) is 13.8 Å². The van der Waals surface area contributed by atoms with Crippen molar-refractivity contribution in [2.45, 2.75) is 6.10 Å². The molecule has 0 bridgehead atoms. The third kappa shape index (κ3) is 2.22. The summed E-state index contributed by atoms with van der Waals surface area (Å²) in [6, 6.07) is 3.67. The summed E-state index contributed by atoms with van der Waals surface area (Å²) in [5.41, 5.74) is 5.41. The number of fused-ring (bicyclic) bond motifs is 1. The van der Waals surface area contributed by atoms with Crippen LogP contribution in [0.25, 0.3) is 11.0 Å². The summed E-state index contributed by atoms with van der Waals surface area (Å²) < 4.78 is 27.9. The van der Waals surface area contributed by atoms with Gasteiger partial charge in [-0.2, -0.15) is 0 Å². The van der Waals surface area contributed by atoms with Crippen LogP contribution in [0, 0.1) is 11.6 Å². The number of hydrogen-bond donors (Lipinski definition) is 3. The summed E-state index contributed by atoms with van der Waals surface area (Å²) in [4.78, 5) is 6.84. The fourth-order valence-corrected chi connectivity index (χ4v) is 2.37. The van der Waals surface area contributed by atoms with Crippen LogP contribution in [0.4, 0.5) is 14.5 Å². The first-order valence-electron chi connectivity index (χ1n) is 6.03. The van der Waals surface area contributed by atoms with Gasteiger partial charge >= 0.3 is 0 Å². The van der Waals surface area contributed by atoms with Gasteiger partial charge in [0.25, 0.3) is 0 Å². The average molecular weight is 310 g/mol. The van der Waals surface area contributed by atoms with Crippen molar-refractivity contribution in [2.75, 3.05) is 5.73 Å². The molecule has 7 heteroatoms. The number of nitrogens with two attached hydrogens (primary N) is 1. The van der Waals surface area contributed by atoms with E-state index in [1.165, 1.54) is 12.4 Å². The fraction of sp³-hybridized carbons (Fsp3) is 0.0714. The third-order valence-electron chi connectivity index (χ3n) is 3.25. The van der Waals surface area contributed by atoms with E-state index in [4.69, 9.17) is 17.3 Å². The number of rotatable bonds is 2. The Labute approximate surface area is 123 Å². The van der Waals surface area contributed by atoms with Crippen LogP contribution in [0.1, 0.15) is 17.2 Å². The van der Waals surface area contributed by atoms with E-state index in [2.05, 4.69) is 9.97 Å². The molecule has 4 nitrogen and oxygen atoms in total. The molecule has 1 unspecified atom stereocenters. The number of anilines is 1. The summed E-state index contributed by atoms with van der Waals surface area (Å²) in [5.74, 6) is -1.86. The normalized spacial score (nSPS) is 12.8. The molecule has 2 aromatic heterocycles. The number of aromatic nitrogens is 2. The molecular formula is C14H10ClF2N3O. The zero-order valence-corrected chi connectivity index (χ0v) is 11.3. The molecular weight excluding hydrogens is 300 g/mol. The average Bonchev–Trinajstić information content (AvgIpc) is 2.86. The Balaban J connectivity index is 2.19. The molecule has 0 amide bonds. The first kappa shape index (κ1) is 13.8. The van der Waals surface area contributed by atoms with Gasteiger partial charge in [0.1, 0.15) is 17.6 Å². The first-order valence-corrected chi connectivity index (χ1v) is 6.41. The Kier molecular flexibility index (Phi) is 3.27. The van der Waals surface area contributed by atoms with Crippen molar-refractivity contribution in [1.29, 1.82) is 0 Å². The number of aliphatic hydroxyl groups excluding tert-OH is 1. The zero-order chi connectivity index (χ0) is 15.1. The molecule has 4 N–H and O–H groups in total. The molecule has 2 heterocycles. The van der Waals surface area contributed by atoms with Gasteiger partial charge in [-0.05, 0) is 18.2 Å². The van der Waals surface area contributed by atoms with Crippen molar-refractivity contribution in [3.8, 4) is 0 Å². The van der Waals surface area contributed by atoms with Crippen LogP contribution in [0.3, 0.4) is 0 Å². The van der Waals surface area contributed by atoms with Crippen LogP contribution in [-0.4, -0.2) is 15.1 Å². The minimum atomic E-state index is -1.53. The molecule has 0 aliphatic carbocycles. The van der Waals surface area contributed by atoms with Crippen molar-refractivity contribution < 1.29 is 13.9 Å². The summed E-state index contributed by atoms with van der Waals surface area (Å²) >= 11 is 5.86. The predicted octanol–water partition coefficient (Wildman–Crippen LogP) is 3.16. The van der Waals surface area contributed by atoms with Gasteiger partial charge in [-0.3, -0.25) is 0 Å². The Morgan fingerprint density at radius 1 is 1.33 bits per heavy atom. The summed E-state index contributed by atoms with van der Waals surface area (Å²) in [7, 11) is 0. The van der Waals surface area contributed by atoms with Gasteiger partial charge in [0.05, 0.1) is 16.3 Å². The lowest BCUT2D eigenvalue weighted by atomic mass is 10.00. The van der Waals surface area contributed by atoms with Gasteiger partial charge in [0, 0.05) is 23.3 Å². The number of hydrogen-bond acceptors (Lipinski definition) is 3. The summed E-state index contributed by atoms with van der Waals surface area (Å²) in [6.45, 7) is 0. The number of halogens is 3. The molecule has 0 saturated carbocycles. The number of nitrogen functional groups attached to an aromatic ring is 1. The highest BCUT2D eigenvalue weighted by Crippen LogP contribution is 2.33. The van der Waals surface area contributed by atoms with E-state index in [0.717, 1.165) is 12.1 Å². The number of pyridine rings is 1. The molecule has 0 spiro atoms. The van der Waals surface area contributed by atoms with Crippen molar-refractivity contribution in [2.24, 2.45) is 0 Å². The predicted molar refractivity (Wildman–Crippen MR) is 75.9 cm³/mol. The van der Waals surface area contributed by atoms with Crippen molar-refractivity contribution in [1.82, 2.24) is 9.97 Å². The van der Waals surface area contributed by atoms with E-state index in [0.29, 0.717) is 16.1 Å². The number of benzene rings is 1. The van der Waals surface area contributed by atoms with Crippen LogP contribution in [0.5, 0.6) is 0 Å². The van der Waals surface area contributed by atoms with Gasteiger partial charge in [0.2, 0.25) is 0 Å². The Hall–Kier alpha value is -2.18. The van der Waals surface area contributed by atoms with Crippen molar-refractivity contribution in [3.05, 3.63) is 58.4 Å². The number of nitrogens with zero attached hydrogens (tertiary/aromatic N) is 1. The second-order valence-corrected chi connectivity index (χ2v) is 5.00. The minimum absolute atomic E-state index is 0.235. The van der Waals surface area contributed by atoms with Crippen LogP contribution in [0.2, 0.25) is 5.02 Å². The summed E-state index contributed by atoms with van der Waals surface area (Å²) in [6.07, 6.45) is 1.33. The molecule has 0 radical (unpaired) electrons. The molecule has 0 aliphatic heterocycles. The molecule has 3 aromatic rings. The minimum Gasteiger partial charge on any atom is -0.396 e. The SMILES string of the molecule is Nc1ccc(F)c(C(O)c2c[nH]c3ncc(Cl)cc23)c1F. The van der Waals surface area contributed by atoms with E-state index in [1.54, 1.807) is 6.07 Å². The van der Waals surface area contributed by atoms with Crippen LogP contribution in [-0.2, 0) is 0 Å². The third-order valence-corrected chi connectivity index (χ3v) is 3.46. The monoisotopic (exact) mass is 309 g/mol. The number of nitrogens with one attached hydrogen (secondary N) is 1. The first-order chi connectivity index (χ1) is 9.99. The highest BCUT2D eigenvalue weighted by atomic mass is 35.5. The lowest BCUT2D eigenvalue weighted by Gasteiger charge is -2.13. The van der Waals surface area contributed by atoms with E-state index in [1.807, 2.05) is 0 Å². The second-order valence-electron chi connectivity index (χ2n) is 4.56. The van der Waals surface area contributed by atoms with E-state index in [9.17, 15) is 13.9 Å². The van der Waals surface area contributed by atoms with Crippen LogP contribution in [0.15, 0.2) is 30.6 Å². The lowest BCUT2D eigenvalue weighted by molar-refractivity contribution is 0.211. The fourth-order valence-electron chi connectivity index (χ4n) is 2.22. The zero-order valence-electron chi connectivity index (χ0n) is 10.6. The lowest BCUT2D eigenvalue weighted by Crippen LogP contribution is -2.07. The number of aromatic amines is 1. The molecule has 21 heavy (non-hydrogen) atoms. The Bertz CT molecular complexity index is 834. The molecule has 3 rings (SSSR count). The van der Waals surface area contributed by atoms with Crippen molar-refractivity contribution in [3.63, 3.8) is 0 Å². The maximum absolute atomic E-state index is 14.0. The molecule has 108 valence electrons.